The van der Waals surface area contributed by atoms with Gasteiger partial charge in [-0.2, -0.15) is 0 Å². The molecule has 0 fully saturated rings. The number of benzene rings is 2. The quantitative estimate of drug-likeness (QED) is 0.444. The van der Waals surface area contributed by atoms with Crippen LogP contribution < -0.4 is 25.1 Å². The van der Waals surface area contributed by atoms with Crippen molar-refractivity contribution in [1.29, 1.82) is 0 Å². The Morgan fingerprint density at radius 2 is 1.96 bits per heavy atom. The first-order chi connectivity index (χ1) is 13.6. The van der Waals surface area contributed by atoms with Crippen molar-refractivity contribution in [3.63, 3.8) is 0 Å². The van der Waals surface area contributed by atoms with Gasteiger partial charge < -0.3 is 14.8 Å². The summed E-state index contributed by atoms with van der Waals surface area (Å²) in [5, 5.41) is 5.60. The number of hydrogen-bond donors (Lipinski definition) is 2. The summed E-state index contributed by atoms with van der Waals surface area (Å²) in [6, 6.07) is 14.3. The topological polar surface area (TPSA) is 97.4 Å². The summed E-state index contributed by atoms with van der Waals surface area (Å²) in [6.45, 7) is 2.37. The third kappa shape index (κ3) is 4.55. The van der Waals surface area contributed by atoms with Crippen molar-refractivity contribution in [2.75, 3.05) is 24.8 Å². The second-order valence-corrected chi connectivity index (χ2v) is 6.55. The molecule has 0 unspecified atom stereocenters. The Bertz CT molecular complexity index is 997. The fourth-order valence-electron chi connectivity index (χ4n) is 2.46. The molecule has 0 radical (unpaired) electrons. The normalized spacial score (nSPS) is 10.5. The zero-order valence-corrected chi connectivity index (χ0v) is 16.2. The number of carbonyl (C=O) groups is 1. The molecule has 3 aromatic rings. The Balaban J connectivity index is 1.70. The predicted octanol–water partition coefficient (Wildman–Crippen LogP) is 2.38. The molecule has 1 aromatic heterocycles. The maximum Gasteiger partial charge on any atom is 0.442 e. The van der Waals surface area contributed by atoms with E-state index in [1.165, 1.54) is 4.68 Å². The molecule has 0 atom stereocenters. The molecule has 0 aliphatic heterocycles. The van der Waals surface area contributed by atoms with E-state index in [1.54, 1.807) is 43.5 Å². The molecule has 8 nitrogen and oxygen atoms in total. The number of ether oxygens (including phenoxy) is 2. The second kappa shape index (κ2) is 9.14. The van der Waals surface area contributed by atoms with Crippen molar-refractivity contribution in [3.05, 3.63) is 59.0 Å². The van der Waals surface area contributed by atoms with Crippen LogP contribution in [0.4, 0.5) is 5.69 Å². The third-order valence-corrected chi connectivity index (χ3v) is 4.77. The number of hydrogen-bond acceptors (Lipinski definition) is 6. The number of aromatic nitrogens is 2. The molecule has 0 saturated carbocycles. The molecule has 0 bridgehead atoms. The Hall–Kier alpha value is -3.20. The van der Waals surface area contributed by atoms with Gasteiger partial charge >= 0.3 is 10.7 Å². The minimum atomic E-state index is -0.552. The molecule has 3 rings (SSSR count). The number of nitrogens with zero attached hydrogens (tertiary/aromatic N) is 1. The largest absolute Gasteiger partial charge is 0.497 e. The molecular weight excluding hydrogens is 382 g/mol. The molecule has 2 aromatic carbocycles. The summed E-state index contributed by atoms with van der Waals surface area (Å²) in [7, 11) is 1.57. The SMILES string of the molecule is CCOc1ccccc1NC(=O)CSc1c(=O)o[nH][n+]1-c1ccc(OC)cc1. The lowest BCUT2D eigenvalue weighted by Crippen LogP contribution is -2.36. The van der Waals surface area contributed by atoms with E-state index >= 15 is 0 Å². The summed E-state index contributed by atoms with van der Waals surface area (Å²) in [5.41, 5.74) is 0.707. The lowest BCUT2D eigenvalue weighted by molar-refractivity contribution is -0.704. The molecule has 0 saturated heterocycles. The predicted molar refractivity (Wildman–Crippen MR) is 104 cm³/mol. The molecular formula is C19H20N3O5S+. The highest BCUT2D eigenvalue weighted by atomic mass is 32.2. The summed E-state index contributed by atoms with van der Waals surface area (Å²) in [5.74, 6) is 1.05. The van der Waals surface area contributed by atoms with Crippen molar-refractivity contribution in [2.45, 2.75) is 11.9 Å². The van der Waals surface area contributed by atoms with E-state index in [0.717, 1.165) is 11.8 Å². The minimum Gasteiger partial charge on any atom is -0.497 e. The van der Waals surface area contributed by atoms with Gasteiger partial charge in [-0.25, -0.2) is 4.79 Å². The van der Waals surface area contributed by atoms with Crippen molar-refractivity contribution in [1.82, 2.24) is 5.27 Å². The van der Waals surface area contributed by atoms with Gasteiger partial charge in [0.05, 0.1) is 25.2 Å². The van der Waals surface area contributed by atoms with Crippen LogP contribution in [0.1, 0.15) is 6.92 Å². The molecule has 1 heterocycles. The number of aromatic amines is 1. The number of carbonyl (C=O) groups excluding carboxylic acids is 1. The molecule has 0 aliphatic carbocycles. The zero-order chi connectivity index (χ0) is 19.9. The fourth-order valence-corrected chi connectivity index (χ4v) is 3.23. The number of anilines is 1. The van der Waals surface area contributed by atoms with Crippen molar-refractivity contribution in [2.24, 2.45) is 0 Å². The van der Waals surface area contributed by atoms with Crippen LogP contribution >= 0.6 is 11.8 Å². The van der Waals surface area contributed by atoms with Crippen LogP contribution in [0.15, 0.2) is 62.9 Å². The summed E-state index contributed by atoms with van der Waals surface area (Å²) in [6.07, 6.45) is 0. The van der Waals surface area contributed by atoms with Crippen LogP contribution in [-0.2, 0) is 4.79 Å². The number of rotatable bonds is 8. The second-order valence-electron chi connectivity index (χ2n) is 5.59. The molecule has 0 spiro atoms. The molecule has 28 heavy (non-hydrogen) atoms. The van der Waals surface area contributed by atoms with E-state index in [-0.39, 0.29) is 16.7 Å². The van der Waals surface area contributed by atoms with Gasteiger partial charge in [-0.05, 0) is 52.9 Å². The van der Waals surface area contributed by atoms with Gasteiger partial charge in [0, 0.05) is 12.1 Å². The van der Waals surface area contributed by atoms with Crippen LogP contribution in [0.2, 0.25) is 0 Å². The highest BCUT2D eigenvalue weighted by molar-refractivity contribution is 7.99. The summed E-state index contributed by atoms with van der Waals surface area (Å²) >= 11 is 1.07. The van der Waals surface area contributed by atoms with E-state index in [9.17, 15) is 9.59 Å². The number of para-hydroxylation sites is 2. The van der Waals surface area contributed by atoms with Crippen molar-refractivity contribution >= 4 is 23.4 Å². The number of thioether (sulfide) groups is 1. The molecule has 9 heteroatoms. The van der Waals surface area contributed by atoms with Crippen LogP contribution in [0.5, 0.6) is 11.5 Å². The van der Waals surface area contributed by atoms with Crippen molar-refractivity contribution in [3.8, 4) is 17.2 Å². The van der Waals surface area contributed by atoms with E-state index in [2.05, 4.69) is 10.6 Å². The average molecular weight is 402 g/mol. The van der Waals surface area contributed by atoms with Gasteiger partial charge in [0.25, 0.3) is 0 Å². The number of methoxy groups -OCH3 is 1. The first-order valence-corrected chi connectivity index (χ1v) is 9.53. The maximum absolute atomic E-state index is 12.4. The third-order valence-electron chi connectivity index (χ3n) is 3.74. The number of amides is 1. The van der Waals surface area contributed by atoms with Crippen LogP contribution in [0.25, 0.3) is 5.69 Å². The lowest BCUT2D eigenvalue weighted by atomic mass is 10.3. The van der Waals surface area contributed by atoms with E-state index in [1.807, 2.05) is 19.1 Å². The van der Waals surface area contributed by atoms with Gasteiger partial charge in [0.1, 0.15) is 11.5 Å². The Labute approximate surface area is 165 Å². The van der Waals surface area contributed by atoms with Gasteiger partial charge in [-0.3, -0.25) is 9.32 Å². The molecule has 1 amide bonds. The Morgan fingerprint density at radius 3 is 2.68 bits per heavy atom. The standard InChI is InChI=1S/C19H19N3O5S/c1-3-26-16-7-5-4-6-15(16)20-17(23)12-28-18-19(24)27-21-22(18)13-8-10-14(25-2)11-9-13/h4-11H,3,12H2,1-2H3,(H-,20,21,23,24)/p+1. The van der Waals surface area contributed by atoms with Gasteiger partial charge in [-0.1, -0.05) is 12.1 Å². The van der Waals surface area contributed by atoms with E-state index in [4.69, 9.17) is 14.0 Å². The Kier molecular flexibility index (Phi) is 6.38. The van der Waals surface area contributed by atoms with Gasteiger partial charge in [0.15, 0.2) is 0 Å². The van der Waals surface area contributed by atoms with Gasteiger partial charge in [0.2, 0.25) is 11.6 Å². The smallest absolute Gasteiger partial charge is 0.442 e. The number of nitrogens with one attached hydrogen (secondary N) is 2. The highest BCUT2D eigenvalue weighted by Crippen LogP contribution is 2.24. The minimum absolute atomic E-state index is 0.0270. The average Bonchev–Trinajstić information content (AvgIpc) is 3.08. The monoisotopic (exact) mass is 402 g/mol. The maximum atomic E-state index is 12.4. The van der Waals surface area contributed by atoms with Crippen molar-refractivity contribution < 1.29 is 23.5 Å². The van der Waals surface area contributed by atoms with Crippen LogP contribution in [-0.4, -0.2) is 30.6 Å². The summed E-state index contributed by atoms with van der Waals surface area (Å²) < 4.78 is 17.0. The number of H-pyrrole nitrogens is 1. The van der Waals surface area contributed by atoms with Crippen LogP contribution in [0, 0.1) is 0 Å². The highest BCUT2D eigenvalue weighted by Gasteiger charge is 2.25. The lowest BCUT2D eigenvalue weighted by Gasteiger charge is -2.10. The van der Waals surface area contributed by atoms with Crippen LogP contribution in [0.3, 0.4) is 0 Å². The summed E-state index contributed by atoms with van der Waals surface area (Å²) in [4.78, 5) is 24.4. The first kappa shape index (κ1) is 19.6. The zero-order valence-electron chi connectivity index (χ0n) is 15.4. The van der Waals surface area contributed by atoms with E-state index in [0.29, 0.717) is 29.5 Å². The Morgan fingerprint density at radius 1 is 1.21 bits per heavy atom. The van der Waals surface area contributed by atoms with E-state index < -0.39 is 5.63 Å². The molecule has 0 aliphatic rings. The first-order valence-electron chi connectivity index (χ1n) is 8.54. The molecule has 2 N–H and O–H groups in total. The van der Waals surface area contributed by atoms with Gasteiger partial charge in [-0.15, -0.1) is 0 Å². The fraction of sp³-hybridized carbons (Fsp3) is 0.211. The molecule has 146 valence electrons.